The van der Waals surface area contributed by atoms with Gasteiger partial charge >= 0.3 is 11.9 Å². The van der Waals surface area contributed by atoms with Crippen LogP contribution in [0, 0.1) is 19.7 Å². The zero-order valence-corrected chi connectivity index (χ0v) is 17.2. The molecule has 156 valence electrons. The highest BCUT2D eigenvalue weighted by atomic mass is 32.1. The van der Waals surface area contributed by atoms with E-state index in [0.717, 1.165) is 11.3 Å². The zero-order valence-electron chi connectivity index (χ0n) is 16.4. The predicted molar refractivity (Wildman–Crippen MR) is 108 cm³/mol. The van der Waals surface area contributed by atoms with Crippen LogP contribution in [0.15, 0.2) is 35.7 Å². The molecule has 0 saturated heterocycles. The molecule has 0 aliphatic heterocycles. The Morgan fingerprint density at radius 2 is 1.83 bits per heavy atom. The molecule has 2 heterocycles. The number of esters is 2. The fourth-order valence-corrected chi connectivity index (χ4v) is 3.59. The van der Waals surface area contributed by atoms with Crippen LogP contribution in [0.5, 0.6) is 0 Å². The summed E-state index contributed by atoms with van der Waals surface area (Å²) in [5.74, 6) is -2.27. The molecule has 0 bridgehead atoms. The fourth-order valence-electron chi connectivity index (χ4n) is 2.82. The molecular formula is C20H18FN3O5S. The van der Waals surface area contributed by atoms with E-state index in [-0.39, 0.29) is 21.9 Å². The molecule has 3 aromatic rings. The molecule has 0 fully saturated rings. The van der Waals surface area contributed by atoms with Crippen molar-refractivity contribution in [2.24, 2.45) is 0 Å². The molecular weight excluding hydrogens is 413 g/mol. The van der Waals surface area contributed by atoms with E-state index in [1.54, 1.807) is 25.3 Å². The van der Waals surface area contributed by atoms with Gasteiger partial charge in [0.15, 0.2) is 6.61 Å². The van der Waals surface area contributed by atoms with E-state index in [4.69, 9.17) is 4.74 Å². The van der Waals surface area contributed by atoms with Crippen LogP contribution in [-0.4, -0.2) is 41.3 Å². The summed E-state index contributed by atoms with van der Waals surface area (Å²) in [7, 11) is 1.24. The molecule has 0 spiro atoms. The summed E-state index contributed by atoms with van der Waals surface area (Å²) in [5.41, 5.74) is 1.99. The van der Waals surface area contributed by atoms with Crippen molar-refractivity contribution in [1.82, 2.24) is 9.78 Å². The summed E-state index contributed by atoms with van der Waals surface area (Å²) in [4.78, 5) is 36.6. The monoisotopic (exact) mass is 431 g/mol. The van der Waals surface area contributed by atoms with Crippen LogP contribution in [0.4, 0.5) is 10.1 Å². The fraction of sp³-hybridized carbons (Fsp3) is 0.200. The summed E-state index contributed by atoms with van der Waals surface area (Å²) in [6, 6.07) is 7.22. The number of hydrogen-bond acceptors (Lipinski definition) is 7. The van der Waals surface area contributed by atoms with E-state index in [0.29, 0.717) is 17.1 Å². The van der Waals surface area contributed by atoms with Gasteiger partial charge in [-0.1, -0.05) is 0 Å². The van der Waals surface area contributed by atoms with Gasteiger partial charge in [0.25, 0.3) is 5.91 Å². The van der Waals surface area contributed by atoms with Crippen LogP contribution in [0.2, 0.25) is 0 Å². The first-order valence-corrected chi connectivity index (χ1v) is 9.64. The summed E-state index contributed by atoms with van der Waals surface area (Å²) in [6.45, 7) is 2.77. The Morgan fingerprint density at radius 1 is 1.13 bits per heavy atom. The van der Waals surface area contributed by atoms with Crippen molar-refractivity contribution in [2.75, 3.05) is 19.0 Å². The van der Waals surface area contributed by atoms with Crippen molar-refractivity contribution >= 4 is 34.9 Å². The smallest absolute Gasteiger partial charge is 0.350 e. The maximum Gasteiger partial charge on any atom is 0.350 e. The predicted octanol–water partition coefficient (Wildman–Crippen LogP) is 3.27. The lowest BCUT2D eigenvalue weighted by molar-refractivity contribution is -0.119. The third kappa shape index (κ3) is 4.38. The minimum atomic E-state index is -0.716. The number of hydrogen-bond donors (Lipinski definition) is 1. The summed E-state index contributed by atoms with van der Waals surface area (Å²) >= 11 is 1.12. The molecule has 2 aromatic heterocycles. The van der Waals surface area contributed by atoms with Gasteiger partial charge in [-0.15, -0.1) is 11.3 Å². The molecule has 8 nitrogen and oxygen atoms in total. The van der Waals surface area contributed by atoms with Crippen molar-refractivity contribution in [1.29, 1.82) is 0 Å². The topological polar surface area (TPSA) is 99.5 Å². The van der Waals surface area contributed by atoms with Gasteiger partial charge in [-0.3, -0.25) is 4.79 Å². The van der Waals surface area contributed by atoms with Gasteiger partial charge in [0.2, 0.25) is 0 Å². The quantitative estimate of drug-likeness (QED) is 0.602. The Balaban J connectivity index is 1.68. The van der Waals surface area contributed by atoms with Crippen LogP contribution in [0.1, 0.15) is 31.4 Å². The van der Waals surface area contributed by atoms with Gasteiger partial charge in [-0.05, 0) is 49.6 Å². The van der Waals surface area contributed by atoms with Gasteiger partial charge in [-0.2, -0.15) is 5.10 Å². The number of aryl methyl sites for hydroxylation is 1. The Morgan fingerprint density at radius 3 is 2.50 bits per heavy atom. The Hall–Kier alpha value is -3.53. The van der Waals surface area contributed by atoms with Gasteiger partial charge in [0.1, 0.15) is 16.3 Å². The van der Waals surface area contributed by atoms with Gasteiger partial charge in [-0.25, -0.2) is 18.7 Å². The molecule has 1 N–H and O–H groups in total. The molecule has 0 aliphatic carbocycles. The van der Waals surface area contributed by atoms with E-state index in [1.807, 2.05) is 0 Å². The molecule has 1 aromatic carbocycles. The standard InChI is InChI=1S/C20H18FN3O5S/c1-11-17(12(2)24(23-11)14-6-4-13(21)5-7-14)19(26)29-10-16(25)22-15-8-9-30-18(15)20(27)28-3/h4-9H,10H2,1-3H3,(H,22,25). The average molecular weight is 431 g/mol. The third-order valence-corrected chi connectivity index (χ3v) is 5.11. The van der Waals surface area contributed by atoms with Crippen molar-refractivity contribution in [2.45, 2.75) is 13.8 Å². The normalized spacial score (nSPS) is 10.5. The molecule has 3 rings (SSSR count). The molecule has 0 saturated carbocycles. The average Bonchev–Trinajstić information content (AvgIpc) is 3.30. The van der Waals surface area contributed by atoms with E-state index < -0.39 is 24.5 Å². The van der Waals surface area contributed by atoms with Crippen LogP contribution in [-0.2, 0) is 14.3 Å². The number of rotatable bonds is 6. The number of nitrogens with zero attached hydrogens (tertiary/aromatic N) is 2. The Kier molecular flexibility index (Phi) is 6.26. The Labute approximate surface area is 175 Å². The highest BCUT2D eigenvalue weighted by Crippen LogP contribution is 2.23. The van der Waals surface area contributed by atoms with E-state index in [2.05, 4.69) is 15.2 Å². The van der Waals surface area contributed by atoms with Crippen LogP contribution in [0.3, 0.4) is 0 Å². The maximum atomic E-state index is 13.1. The number of nitrogens with one attached hydrogen (secondary N) is 1. The van der Waals surface area contributed by atoms with Gasteiger partial charge < -0.3 is 14.8 Å². The molecule has 1 amide bonds. The third-order valence-electron chi connectivity index (χ3n) is 4.21. The molecule has 10 heteroatoms. The minimum Gasteiger partial charge on any atom is -0.465 e. The van der Waals surface area contributed by atoms with Crippen molar-refractivity contribution < 1.29 is 28.2 Å². The number of aromatic nitrogens is 2. The summed E-state index contributed by atoms with van der Waals surface area (Å²) < 4.78 is 24.4. The first-order valence-electron chi connectivity index (χ1n) is 8.76. The molecule has 0 radical (unpaired) electrons. The number of carbonyl (C=O) groups is 3. The number of ether oxygens (including phenoxy) is 2. The molecule has 0 unspecified atom stereocenters. The number of methoxy groups -OCH3 is 1. The maximum absolute atomic E-state index is 13.1. The second-order valence-corrected chi connectivity index (χ2v) is 7.13. The van der Waals surface area contributed by atoms with E-state index in [1.165, 1.54) is 36.1 Å². The second-order valence-electron chi connectivity index (χ2n) is 6.21. The van der Waals surface area contributed by atoms with Crippen LogP contribution in [0.25, 0.3) is 5.69 Å². The van der Waals surface area contributed by atoms with E-state index >= 15 is 0 Å². The molecule has 0 atom stereocenters. The Bertz CT molecular complexity index is 1100. The van der Waals surface area contributed by atoms with Crippen molar-refractivity contribution in [3.05, 3.63) is 63.4 Å². The first-order chi connectivity index (χ1) is 14.3. The lowest BCUT2D eigenvalue weighted by Gasteiger charge is -2.08. The lowest BCUT2D eigenvalue weighted by Crippen LogP contribution is -2.22. The second kappa shape index (κ2) is 8.87. The number of anilines is 1. The number of halogens is 1. The largest absolute Gasteiger partial charge is 0.465 e. The SMILES string of the molecule is COC(=O)c1sccc1NC(=O)COC(=O)c1c(C)nn(-c2ccc(F)cc2)c1C. The highest BCUT2D eigenvalue weighted by Gasteiger charge is 2.22. The van der Waals surface area contributed by atoms with E-state index in [9.17, 15) is 18.8 Å². The first kappa shape index (κ1) is 21.2. The minimum absolute atomic E-state index is 0.220. The van der Waals surface area contributed by atoms with Gasteiger partial charge in [0, 0.05) is 0 Å². The summed E-state index contributed by atoms with van der Waals surface area (Å²) in [5, 5.41) is 8.45. The van der Waals surface area contributed by atoms with Crippen LogP contribution < -0.4 is 5.32 Å². The van der Waals surface area contributed by atoms with Crippen LogP contribution >= 0.6 is 11.3 Å². The highest BCUT2D eigenvalue weighted by molar-refractivity contribution is 7.12. The molecule has 0 aliphatic rings. The lowest BCUT2D eigenvalue weighted by atomic mass is 10.2. The summed E-state index contributed by atoms with van der Waals surface area (Å²) in [6.07, 6.45) is 0. The van der Waals surface area contributed by atoms with Crippen molar-refractivity contribution in [3.63, 3.8) is 0 Å². The zero-order chi connectivity index (χ0) is 21.8. The number of amides is 1. The number of thiophene rings is 1. The number of carbonyl (C=O) groups excluding carboxylic acids is 3. The molecule has 30 heavy (non-hydrogen) atoms. The van der Waals surface area contributed by atoms with Crippen molar-refractivity contribution in [3.8, 4) is 5.69 Å². The van der Waals surface area contributed by atoms with Gasteiger partial charge in [0.05, 0.1) is 29.9 Å². The number of benzene rings is 1.